The van der Waals surface area contributed by atoms with E-state index in [2.05, 4.69) is 15.0 Å². The molecule has 0 atom stereocenters. The van der Waals surface area contributed by atoms with Gasteiger partial charge in [0.1, 0.15) is 12.3 Å². The maximum atomic E-state index is 13.2. The van der Waals surface area contributed by atoms with E-state index in [-0.39, 0.29) is 23.8 Å². The highest BCUT2D eigenvalue weighted by atomic mass is 32.2. The van der Waals surface area contributed by atoms with Crippen LogP contribution >= 0.6 is 11.8 Å². The van der Waals surface area contributed by atoms with Crippen LogP contribution in [0.2, 0.25) is 0 Å². The Balaban J connectivity index is 1.97. The summed E-state index contributed by atoms with van der Waals surface area (Å²) in [6.07, 6.45) is 0. The number of hydrogen-bond donors (Lipinski definition) is 1. The van der Waals surface area contributed by atoms with Gasteiger partial charge >= 0.3 is 5.97 Å². The van der Waals surface area contributed by atoms with Crippen molar-refractivity contribution in [3.05, 3.63) is 58.9 Å². The lowest BCUT2D eigenvalue weighted by atomic mass is 10.2. The molecule has 1 aromatic heterocycles. The molecule has 3 rings (SSSR count). The Kier molecular flexibility index (Phi) is 6.50. The zero-order chi connectivity index (χ0) is 20.8. The van der Waals surface area contributed by atoms with Gasteiger partial charge in [-0.1, -0.05) is 30.0 Å². The van der Waals surface area contributed by atoms with Crippen LogP contribution in [0.4, 0.5) is 0 Å². The molecule has 0 bridgehead atoms. The molecular formula is C20H19N3O5S. The third-order valence-electron chi connectivity index (χ3n) is 4.05. The van der Waals surface area contributed by atoms with Gasteiger partial charge in [-0.3, -0.25) is 19.0 Å². The van der Waals surface area contributed by atoms with E-state index in [0.717, 1.165) is 11.8 Å². The first-order valence-electron chi connectivity index (χ1n) is 8.66. The van der Waals surface area contributed by atoms with Crippen molar-refractivity contribution >= 4 is 34.5 Å². The van der Waals surface area contributed by atoms with Gasteiger partial charge in [-0.25, -0.2) is 4.98 Å². The molecule has 1 amide bonds. The molecule has 2 aromatic carbocycles. The number of ether oxygens (including phenoxy) is 2. The third kappa shape index (κ3) is 4.75. The van der Waals surface area contributed by atoms with Crippen LogP contribution in [0, 0.1) is 0 Å². The molecule has 0 unspecified atom stereocenters. The number of amides is 1. The summed E-state index contributed by atoms with van der Waals surface area (Å²) >= 11 is 1.10. The molecule has 0 saturated heterocycles. The van der Waals surface area contributed by atoms with Gasteiger partial charge < -0.3 is 14.8 Å². The van der Waals surface area contributed by atoms with Crippen LogP contribution in [0.1, 0.15) is 0 Å². The number of carbonyl (C=O) groups excluding carboxylic acids is 2. The number of nitrogens with one attached hydrogen (secondary N) is 1. The number of benzene rings is 2. The fourth-order valence-electron chi connectivity index (χ4n) is 2.61. The maximum Gasteiger partial charge on any atom is 0.325 e. The Morgan fingerprint density at radius 1 is 1.14 bits per heavy atom. The first-order chi connectivity index (χ1) is 14.0. The van der Waals surface area contributed by atoms with Crippen molar-refractivity contribution < 1.29 is 19.1 Å². The zero-order valence-corrected chi connectivity index (χ0v) is 16.7. The highest BCUT2D eigenvalue weighted by molar-refractivity contribution is 7.99. The Bertz CT molecular complexity index is 1110. The quantitative estimate of drug-likeness (QED) is 0.358. The number of rotatable bonds is 7. The lowest BCUT2D eigenvalue weighted by Gasteiger charge is -2.14. The van der Waals surface area contributed by atoms with Crippen LogP contribution in [-0.2, 0) is 14.3 Å². The predicted octanol–water partition coefficient (Wildman–Crippen LogP) is 1.78. The van der Waals surface area contributed by atoms with Crippen molar-refractivity contribution in [1.29, 1.82) is 0 Å². The molecule has 9 heteroatoms. The fourth-order valence-corrected chi connectivity index (χ4v) is 3.45. The summed E-state index contributed by atoms with van der Waals surface area (Å²) in [4.78, 5) is 40.9. The molecule has 1 N–H and O–H groups in total. The number of nitrogens with zero attached hydrogens (tertiary/aromatic N) is 2. The van der Waals surface area contributed by atoms with Gasteiger partial charge in [-0.05, 0) is 24.3 Å². The molecule has 0 fully saturated rings. The number of methoxy groups -OCH3 is 2. The minimum absolute atomic E-state index is 0.0221. The van der Waals surface area contributed by atoms with E-state index < -0.39 is 5.97 Å². The lowest BCUT2D eigenvalue weighted by molar-refractivity contribution is -0.140. The maximum absolute atomic E-state index is 13.2. The van der Waals surface area contributed by atoms with Crippen molar-refractivity contribution in [1.82, 2.24) is 14.9 Å². The summed E-state index contributed by atoms with van der Waals surface area (Å²) in [6, 6.07) is 14.0. The summed E-state index contributed by atoms with van der Waals surface area (Å²) in [5.41, 5.74) is 0.862. The molecule has 0 saturated carbocycles. The highest BCUT2D eigenvalue weighted by Gasteiger charge is 2.15. The Labute approximate surface area is 170 Å². The Hall–Kier alpha value is -3.33. The highest BCUT2D eigenvalue weighted by Crippen LogP contribution is 2.23. The van der Waals surface area contributed by atoms with Crippen molar-refractivity contribution in [2.24, 2.45) is 0 Å². The fraction of sp³-hybridized carbons (Fsp3) is 0.200. The monoisotopic (exact) mass is 413 g/mol. The van der Waals surface area contributed by atoms with Crippen LogP contribution in [0.3, 0.4) is 0 Å². The standard InChI is InChI=1S/C20H19N3O5S/c1-27-14-7-5-6-13(10-14)23-19(26)15-8-3-4-9-16(15)22-20(23)29-12-17(24)21-11-18(25)28-2/h3-10H,11-12H2,1-2H3,(H,21,24). The summed E-state index contributed by atoms with van der Waals surface area (Å²) in [7, 11) is 2.79. The number of para-hydroxylation sites is 1. The Morgan fingerprint density at radius 2 is 1.93 bits per heavy atom. The van der Waals surface area contributed by atoms with Crippen LogP contribution in [-0.4, -0.2) is 47.9 Å². The van der Waals surface area contributed by atoms with Gasteiger partial charge in [0, 0.05) is 6.07 Å². The molecular weight excluding hydrogens is 394 g/mol. The molecule has 0 aliphatic carbocycles. The van der Waals surface area contributed by atoms with E-state index >= 15 is 0 Å². The SMILES string of the molecule is COC(=O)CNC(=O)CSc1nc2ccccc2c(=O)n1-c1cccc(OC)c1. The lowest BCUT2D eigenvalue weighted by Crippen LogP contribution is -2.31. The van der Waals surface area contributed by atoms with Crippen molar-refractivity contribution in [3.63, 3.8) is 0 Å². The predicted molar refractivity (Wildman–Crippen MR) is 110 cm³/mol. The molecule has 150 valence electrons. The molecule has 29 heavy (non-hydrogen) atoms. The minimum Gasteiger partial charge on any atom is -0.497 e. The van der Waals surface area contributed by atoms with Crippen molar-refractivity contribution in [3.8, 4) is 11.4 Å². The van der Waals surface area contributed by atoms with Gasteiger partial charge in [0.25, 0.3) is 5.56 Å². The van der Waals surface area contributed by atoms with Crippen molar-refractivity contribution in [2.75, 3.05) is 26.5 Å². The van der Waals surface area contributed by atoms with E-state index in [1.165, 1.54) is 11.7 Å². The molecule has 0 aliphatic heterocycles. The van der Waals surface area contributed by atoms with E-state index in [4.69, 9.17) is 4.74 Å². The molecule has 3 aromatic rings. The van der Waals surface area contributed by atoms with Gasteiger partial charge in [0.05, 0.1) is 36.6 Å². The van der Waals surface area contributed by atoms with Crippen LogP contribution in [0.25, 0.3) is 16.6 Å². The smallest absolute Gasteiger partial charge is 0.325 e. The second kappa shape index (κ2) is 9.24. The zero-order valence-electron chi connectivity index (χ0n) is 15.9. The number of aromatic nitrogens is 2. The normalized spacial score (nSPS) is 10.6. The van der Waals surface area contributed by atoms with Crippen molar-refractivity contribution in [2.45, 2.75) is 5.16 Å². The van der Waals surface area contributed by atoms with Gasteiger partial charge in [-0.15, -0.1) is 0 Å². The average molecular weight is 413 g/mol. The number of hydrogen-bond acceptors (Lipinski definition) is 7. The van der Waals surface area contributed by atoms with Crippen LogP contribution < -0.4 is 15.6 Å². The van der Waals surface area contributed by atoms with Crippen LogP contribution in [0.5, 0.6) is 5.75 Å². The summed E-state index contributed by atoms with van der Waals surface area (Å²) in [5.74, 6) is -0.346. The van der Waals surface area contributed by atoms with E-state index in [9.17, 15) is 14.4 Å². The van der Waals surface area contributed by atoms with E-state index in [0.29, 0.717) is 27.5 Å². The molecule has 1 heterocycles. The average Bonchev–Trinajstić information content (AvgIpc) is 2.76. The summed E-state index contributed by atoms with van der Waals surface area (Å²) < 4.78 is 11.2. The minimum atomic E-state index is -0.541. The summed E-state index contributed by atoms with van der Waals surface area (Å²) in [6.45, 7) is -0.219. The van der Waals surface area contributed by atoms with Gasteiger partial charge in [-0.2, -0.15) is 0 Å². The first-order valence-corrected chi connectivity index (χ1v) is 9.64. The first kappa shape index (κ1) is 20.4. The van der Waals surface area contributed by atoms with E-state index in [1.54, 1.807) is 55.6 Å². The molecule has 0 spiro atoms. The largest absolute Gasteiger partial charge is 0.497 e. The Morgan fingerprint density at radius 3 is 2.69 bits per heavy atom. The van der Waals surface area contributed by atoms with E-state index in [1.807, 2.05) is 0 Å². The van der Waals surface area contributed by atoms with Gasteiger partial charge in [0.2, 0.25) is 5.91 Å². The topological polar surface area (TPSA) is 99.5 Å². The number of thioether (sulfide) groups is 1. The molecule has 0 radical (unpaired) electrons. The number of fused-ring (bicyclic) bond motifs is 1. The van der Waals surface area contributed by atoms with Gasteiger partial charge in [0.15, 0.2) is 5.16 Å². The molecule has 0 aliphatic rings. The molecule has 8 nitrogen and oxygen atoms in total. The number of carbonyl (C=O) groups is 2. The van der Waals surface area contributed by atoms with Crippen LogP contribution in [0.15, 0.2) is 58.5 Å². The second-order valence-electron chi connectivity index (χ2n) is 5.90. The third-order valence-corrected chi connectivity index (χ3v) is 4.98. The second-order valence-corrected chi connectivity index (χ2v) is 6.84. The number of esters is 1. The summed E-state index contributed by atoms with van der Waals surface area (Å²) in [5, 5.41) is 3.29.